The molecule has 6 nitrogen and oxygen atoms in total. The summed E-state index contributed by atoms with van der Waals surface area (Å²) in [7, 11) is 1.27. The Morgan fingerprint density at radius 2 is 1.79 bits per heavy atom. The van der Waals surface area contributed by atoms with E-state index in [0.717, 1.165) is 11.3 Å². The highest BCUT2D eigenvalue weighted by atomic mass is 32.1. The normalized spacial score (nSPS) is 10.0. The van der Waals surface area contributed by atoms with E-state index < -0.39 is 11.9 Å². The Labute approximate surface area is 166 Å². The molecule has 7 heteroatoms. The summed E-state index contributed by atoms with van der Waals surface area (Å²) in [5.41, 5.74) is 1.09. The Kier molecular flexibility index (Phi) is 5.72. The third-order valence-corrected chi connectivity index (χ3v) is 5.12. The van der Waals surface area contributed by atoms with E-state index in [1.54, 1.807) is 31.2 Å². The Bertz CT molecular complexity index is 1070. The smallest absolute Gasteiger partial charge is 0.348 e. The molecule has 3 aromatic rings. The number of benzene rings is 2. The molecule has 0 aliphatic heterocycles. The number of nitriles is 1. The fraction of sp³-hybridized carbons (Fsp3) is 0.0952. The lowest BCUT2D eigenvalue weighted by Crippen LogP contribution is -2.11. The Morgan fingerprint density at radius 3 is 2.46 bits per heavy atom. The summed E-state index contributed by atoms with van der Waals surface area (Å²) in [5, 5.41) is 12.4. The molecule has 0 unspecified atom stereocenters. The van der Waals surface area contributed by atoms with Crippen molar-refractivity contribution in [2.24, 2.45) is 0 Å². The maximum atomic E-state index is 12.7. The number of methoxy groups -OCH3 is 1. The Balaban J connectivity index is 1.83. The second kappa shape index (κ2) is 8.37. The minimum absolute atomic E-state index is 0.246. The standard InChI is InChI=1S/C21H16N2O4S/c1-13-17(12-22)20(28-18(13)21(25)26-2)23-19(24)14-7-6-10-16(11-14)27-15-8-4-3-5-9-15/h3-11H,1-2H3,(H,23,24). The molecule has 1 N–H and O–H groups in total. The zero-order chi connectivity index (χ0) is 20.1. The van der Waals surface area contributed by atoms with Crippen molar-refractivity contribution in [1.82, 2.24) is 0 Å². The van der Waals surface area contributed by atoms with E-state index in [4.69, 9.17) is 9.47 Å². The van der Waals surface area contributed by atoms with Crippen molar-refractivity contribution in [3.63, 3.8) is 0 Å². The number of carbonyl (C=O) groups excluding carboxylic acids is 2. The molecule has 2 aromatic carbocycles. The van der Waals surface area contributed by atoms with Crippen LogP contribution in [-0.2, 0) is 4.74 Å². The number of hydrogen-bond acceptors (Lipinski definition) is 6. The van der Waals surface area contributed by atoms with E-state index in [2.05, 4.69) is 5.32 Å². The molecule has 1 heterocycles. The number of nitrogens with zero attached hydrogens (tertiary/aromatic N) is 1. The van der Waals surface area contributed by atoms with Crippen LogP contribution < -0.4 is 10.1 Å². The van der Waals surface area contributed by atoms with Crippen molar-refractivity contribution in [2.45, 2.75) is 6.92 Å². The molecule has 1 amide bonds. The van der Waals surface area contributed by atoms with Crippen LogP contribution in [0.4, 0.5) is 5.00 Å². The van der Waals surface area contributed by atoms with Gasteiger partial charge in [0.2, 0.25) is 0 Å². The Hall–Kier alpha value is -3.63. The number of amides is 1. The Morgan fingerprint density at radius 1 is 1.07 bits per heavy atom. The van der Waals surface area contributed by atoms with Gasteiger partial charge in [0.05, 0.1) is 12.7 Å². The van der Waals surface area contributed by atoms with Crippen LogP contribution in [-0.4, -0.2) is 19.0 Å². The maximum Gasteiger partial charge on any atom is 0.348 e. The van der Waals surface area contributed by atoms with Crippen LogP contribution >= 0.6 is 11.3 Å². The molecule has 0 aliphatic rings. The van der Waals surface area contributed by atoms with Gasteiger partial charge < -0.3 is 14.8 Å². The van der Waals surface area contributed by atoms with Gasteiger partial charge in [0.1, 0.15) is 27.4 Å². The minimum atomic E-state index is -0.544. The lowest BCUT2D eigenvalue weighted by molar-refractivity contribution is 0.0605. The van der Waals surface area contributed by atoms with E-state index in [1.165, 1.54) is 7.11 Å². The third kappa shape index (κ3) is 4.03. The average molecular weight is 392 g/mol. The van der Waals surface area contributed by atoms with Crippen LogP contribution in [0, 0.1) is 18.3 Å². The van der Waals surface area contributed by atoms with E-state index >= 15 is 0 Å². The lowest BCUT2D eigenvalue weighted by Gasteiger charge is -2.08. The SMILES string of the molecule is COC(=O)c1sc(NC(=O)c2cccc(Oc3ccccc3)c2)c(C#N)c1C. The summed E-state index contributed by atoms with van der Waals surface area (Å²) >= 11 is 1.01. The summed E-state index contributed by atoms with van der Waals surface area (Å²) in [6, 6.07) is 17.9. The number of thiophene rings is 1. The maximum absolute atomic E-state index is 12.7. The number of para-hydroxylation sites is 1. The van der Waals surface area contributed by atoms with Crippen molar-refractivity contribution in [1.29, 1.82) is 5.26 Å². The summed E-state index contributed by atoms with van der Waals surface area (Å²) < 4.78 is 10.5. The first kappa shape index (κ1) is 19.1. The summed E-state index contributed by atoms with van der Waals surface area (Å²) in [6.07, 6.45) is 0. The fourth-order valence-electron chi connectivity index (χ4n) is 2.52. The van der Waals surface area contributed by atoms with Crippen molar-refractivity contribution in [2.75, 3.05) is 12.4 Å². The largest absolute Gasteiger partial charge is 0.465 e. The van der Waals surface area contributed by atoms with Gasteiger partial charge in [-0.25, -0.2) is 4.79 Å². The average Bonchev–Trinajstić information content (AvgIpc) is 3.03. The monoisotopic (exact) mass is 392 g/mol. The summed E-state index contributed by atoms with van der Waals surface area (Å²) in [5.74, 6) is 0.214. The number of hydrogen-bond donors (Lipinski definition) is 1. The molecule has 0 radical (unpaired) electrons. The first-order valence-electron chi connectivity index (χ1n) is 8.29. The van der Waals surface area contributed by atoms with Gasteiger partial charge in [-0.3, -0.25) is 4.79 Å². The predicted octanol–water partition coefficient (Wildman–Crippen LogP) is 4.76. The molecular formula is C21H16N2O4S. The molecular weight excluding hydrogens is 376 g/mol. The minimum Gasteiger partial charge on any atom is -0.465 e. The number of esters is 1. The van der Waals surface area contributed by atoms with E-state index in [-0.39, 0.29) is 10.4 Å². The molecule has 0 saturated heterocycles. The quantitative estimate of drug-likeness (QED) is 0.633. The van der Waals surface area contributed by atoms with Gasteiger partial charge in [-0.05, 0) is 42.8 Å². The second-order valence-corrected chi connectivity index (χ2v) is 6.78. The van der Waals surface area contributed by atoms with Crippen LogP contribution in [0.1, 0.15) is 31.2 Å². The van der Waals surface area contributed by atoms with Gasteiger partial charge in [0, 0.05) is 5.56 Å². The molecule has 0 aliphatic carbocycles. The first-order valence-corrected chi connectivity index (χ1v) is 9.11. The first-order chi connectivity index (χ1) is 13.5. The molecule has 28 heavy (non-hydrogen) atoms. The van der Waals surface area contributed by atoms with Crippen molar-refractivity contribution < 1.29 is 19.1 Å². The van der Waals surface area contributed by atoms with Gasteiger partial charge in [-0.1, -0.05) is 24.3 Å². The van der Waals surface area contributed by atoms with Crippen molar-refractivity contribution >= 4 is 28.2 Å². The van der Waals surface area contributed by atoms with Gasteiger partial charge in [-0.2, -0.15) is 5.26 Å². The zero-order valence-corrected chi connectivity index (χ0v) is 16.0. The van der Waals surface area contributed by atoms with Crippen LogP contribution in [0.25, 0.3) is 0 Å². The van der Waals surface area contributed by atoms with Crippen LogP contribution in [0.2, 0.25) is 0 Å². The molecule has 0 saturated carbocycles. The molecule has 0 atom stereocenters. The van der Waals surface area contributed by atoms with Gasteiger partial charge in [0.15, 0.2) is 0 Å². The van der Waals surface area contributed by atoms with Crippen LogP contribution in [0.15, 0.2) is 54.6 Å². The molecule has 140 valence electrons. The molecule has 1 aromatic heterocycles. The summed E-state index contributed by atoms with van der Waals surface area (Å²) in [4.78, 5) is 24.8. The van der Waals surface area contributed by atoms with E-state index in [0.29, 0.717) is 27.6 Å². The number of nitrogens with one attached hydrogen (secondary N) is 1. The lowest BCUT2D eigenvalue weighted by atomic mass is 10.1. The highest BCUT2D eigenvalue weighted by molar-refractivity contribution is 7.18. The summed E-state index contributed by atoms with van der Waals surface area (Å²) in [6.45, 7) is 1.64. The number of rotatable bonds is 5. The van der Waals surface area contributed by atoms with Gasteiger partial charge in [0.25, 0.3) is 5.91 Å². The molecule has 0 bridgehead atoms. The predicted molar refractivity (Wildman–Crippen MR) is 106 cm³/mol. The second-order valence-electron chi connectivity index (χ2n) is 5.76. The molecule has 0 fully saturated rings. The molecule has 0 spiro atoms. The van der Waals surface area contributed by atoms with Crippen molar-refractivity contribution in [3.05, 3.63) is 76.2 Å². The highest BCUT2D eigenvalue weighted by Gasteiger charge is 2.22. The number of anilines is 1. The number of ether oxygens (including phenoxy) is 2. The fourth-order valence-corrected chi connectivity index (χ4v) is 3.59. The third-order valence-electron chi connectivity index (χ3n) is 3.93. The van der Waals surface area contributed by atoms with Crippen LogP contribution in [0.5, 0.6) is 11.5 Å². The number of carbonyl (C=O) groups is 2. The van der Waals surface area contributed by atoms with E-state index in [1.807, 2.05) is 36.4 Å². The van der Waals surface area contributed by atoms with Crippen molar-refractivity contribution in [3.8, 4) is 17.6 Å². The van der Waals surface area contributed by atoms with Gasteiger partial charge >= 0.3 is 5.97 Å². The topological polar surface area (TPSA) is 88.4 Å². The highest BCUT2D eigenvalue weighted by Crippen LogP contribution is 2.33. The van der Waals surface area contributed by atoms with Crippen LogP contribution in [0.3, 0.4) is 0 Å². The van der Waals surface area contributed by atoms with Gasteiger partial charge in [-0.15, -0.1) is 11.3 Å². The molecule has 3 rings (SSSR count). The van der Waals surface area contributed by atoms with E-state index in [9.17, 15) is 14.9 Å². The zero-order valence-electron chi connectivity index (χ0n) is 15.2.